The van der Waals surface area contributed by atoms with Crippen molar-refractivity contribution in [1.82, 2.24) is 5.32 Å². The Morgan fingerprint density at radius 2 is 2.00 bits per heavy atom. The summed E-state index contributed by atoms with van der Waals surface area (Å²) in [6.07, 6.45) is 9.68. The van der Waals surface area contributed by atoms with Crippen molar-refractivity contribution in [3.8, 4) is 0 Å². The highest BCUT2D eigenvalue weighted by Gasteiger charge is 2.32. The van der Waals surface area contributed by atoms with Gasteiger partial charge < -0.3 is 11.1 Å². The molecule has 1 atom stereocenters. The number of hydrogen-bond acceptors (Lipinski definition) is 2. The van der Waals surface area contributed by atoms with Crippen LogP contribution in [-0.4, -0.2) is 18.0 Å². The van der Waals surface area contributed by atoms with E-state index in [1.807, 2.05) is 0 Å². The van der Waals surface area contributed by atoms with Gasteiger partial charge in [-0.2, -0.15) is 0 Å². The van der Waals surface area contributed by atoms with E-state index in [-0.39, 0.29) is 11.4 Å². The van der Waals surface area contributed by atoms with Crippen LogP contribution in [0.15, 0.2) is 24.3 Å². The zero-order valence-electron chi connectivity index (χ0n) is 13.4. The Bertz CT molecular complexity index is 520. The molecule has 0 saturated heterocycles. The van der Waals surface area contributed by atoms with Crippen molar-refractivity contribution >= 4 is 5.91 Å². The van der Waals surface area contributed by atoms with Gasteiger partial charge in [0.2, 0.25) is 5.91 Å². The van der Waals surface area contributed by atoms with E-state index >= 15 is 0 Å². The van der Waals surface area contributed by atoms with Crippen molar-refractivity contribution in [3.05, 3.63) is 35.4 Å². The fraction of sp³-hybridized carbons (Fsp3) is 0.632. The summed E-state index contributed by atoms with van der Waals surface area (Å²) >= 11 is 0. The Hall–Kier alpha value is -1.35. The van der Waals surface area contributed by atoms with Crippen LogP contribution in [0.25, 0.3) is 0 Å². The van der Waals surface area contributed by atoms with Gasteiger partial charge in [-0.05, 0) is 49.1 Å². The number of rotatable bonds is 5. The minimum atomic E-state index is -0.122. The maximum atomic E-state index is 12.4. The molecule has 1 saturated carbocycles. The highest BCUT2D eigenvalue weighted by molar-refractivity contribution is 5.77. The first-order valence-electron chi connectivity index (χ1n) is 8.81. The van der Waals surface area contributed by atoms with E-state index in [0.29, 0.717) is 18.9 Å². The molecule has 1 aromatic rings. The minimum absolute atomic E-state index is 0.122. The molecule has 3 N–H and O–H groups in total. The molecule has 0 bridgehead atoms. The maximum absolute atomic E-state index is 12.4. The standard InChI is InChI=1S/C19H28N2O/c20-14-19(12-4-1-5-13-19)21-18(22)11-10-16-9-8-15-6-2-3-7-17(15)16/h2-3,6-7,16H,1,4-5,8-14,20H2,(H,21,22)/t16-/m1/s1. The predicted molar refractivity (Wildman–Crippen MR) is 89.8 cm³/mol. The second kappa shape index (κ2) is 6.82. The fourth-order valence-corrected chi connectivity index (χ4v) is 4.22. The lowest BCUT2D eigenvalue weighted by Crippen LogP contribution is -2.54. The Morgan fingerprint density at radius 1 is 1.23 bits per heavy atom. The summed E-state index contributed by atoms with van der Waals surface area (Å²) in [4.78, 5) is 12.4. The van der Waals surface area contributed by atoms with Crippen LogP contribution in [-0.2, 0) is 11.2 Å². The van der Waals surface area contributed by atoms with Crippen molar-refractivity contribution in [3.63, 3.8) is 0 Å². The van der Waals surface area contributed by atoms with E-state index in [2.05, 4.69) is 29.6 Å². The molecule has 22 heavy (non-hydrogen) atoms. The second-order valence-corrected chi connectivity index (χ2v) is 7.07. The number of amides is 1. The van der Waals surface area contributed by atoms with Crippen molar-refractivity contribution in [2.24, 2.45) is 5.73 Å². The molecule has 2 aliphatic carbocycles. The van der Waals surface area contributed by atoms with Gasteiger partial charge in [0.1, 0.15) is 0 Å². The van der Waals surface area contributed by atoms with Gasteiger partial charge in [-0.15, -0.1) is 0 Å². The molecule has 0 aromatic heterocycles. The Morgan fingerprint density at radius 3 is 2.77 bits per heavy atom. The topological polar surface area (TPSA) is 55.1 Å². The molecule has 3 heteroatoms. The number of carbonyl (C=O) groups excluding carboxylic acids is 1. The lowest BCUT2D eigenvalue weighted by Gasteiger charge is -2.37. The third-order valence-corrected chi connectivity index (χ3v) is 5.58. The van der Waals surface area contributed by atoms with Gasteiger partial charge in [-0.25, -0.2) is 0 Å². The van der Waals surface area contributed by atoms with Crippen LogP contribution in [0.4, 0.5) is 0 Å². The van der Waals surface area contributed by atoms with Crippen molar-refractivity contribution in [2.75, 3.05) is 6.54 Å². The summed E-state index contributed by atoms with van der Waals surface area (Å²) in [5.41, 5.74) is 8.76. The summed E-state index contributed by atoms with van der Waals surface area (Å²) in [6.45, 7) is 0.574. The Kier molecular flexibility index (Phi) is 4.82. The number of carbonyl (C=O) groups is 1. The summed E-state index contributed by atoms with van der Waals surface area (Å²) in [7, 11) is 0. The first kappa shape index (κ1) is 15.5. The molecule has 0 aliphatic heterocycles. The fourth-order valence-electron chi connectivity index (χ4n) is 4.22. The smallest absolute Gasteiger partial charge is 0.220 e. The summed E-state index contributed by atoms with van der Waals surface area (Å²) in [6, 6.07) is 8.68. The zero-order chi connectivity index (χ0) is 15.4. The highest BCUT2D eigenvalue weighted by atomic mass is 16.1. The van der Waals surface area contributed by atoms with Gasteiger partial charge in [0.05, 0.1) is 5.54 Å². The number of aryl methyl sites for hydroxylation is 1. The first-order chi connectivity index (χ1) is 10.7. The Balaban J connectivity index is 1.53. The first-order valence-corrected chi connectivity index (χ1v) is 8.81. The largest absolute Gasteiger partial charge is 0.349 e. The van der Waals surface area contributed by atoms with Crippen molar-refractivity contribution in [1.29, 1.82) is 0 Å². The molecule has 1 fully saturated rings. The monoisotopic (exact) mass is 300 g/mol. The van der Waals surface area contributed by atoms with E-state index < -0.39 is 0 Å². The highest BCUT2D eigenvalue weighted by Crippen LogP contribution is 2.36. The van der Waals surface area contributed by atoms with Gasteiger partial charge >= 0.3 is 0 Å². The third-order valence-electron chi connectivity index (χ3n) is 5.58. The maximum Gasteiger partial charge on any atom is 0.220 e. The number of nitrogens with one attached hydrogen (secondary N) is 1. The van der Waals surface area contributed by atoms with E-state index in [0.717, 1.165) is 25.7 Å². The second-order valence-electron chi connectivity index (χ2n) is 7.07. The molecule has 3 nitrogen and oxygen atoms in total. The van der Waals surface area contributed by atoms with Crippen LogP contribution in [0.2, 0.25) is 0 Å². The molecule has 0 radical (unpaired) electrons. The number of benzene rings is 1. The van der Waals surface area contributed by atoms with Gasteiger partial charge in [0.15, 0.2) is 0 Å². The average molecular weight is 300 g/mol. The molecule has 1 aromatic carbocycles. The average Bonchev–Trinajstić information content (AvgIpc) is 2.97. The van der Waals surface area contributed by atoms with E-state index in [1.54, 1.807) is 0 Å². The SMILES string of the molecule is NCC1(NC(=O)CC[C@H]2CCc3ccccc32)CCCCC1. The van der Waals surface area contributed by atoms with Gasteiger partial charge in [0.25, 0.3) is 0 Å². The zero-order valence-corrected chi connectivity index (χ0v) is 13.4. The third kappa shape index (κ3) is 3.35. The van der Waals surface area contributed by atoms with E-state index in [1.165, 1.54) is 36.8 Å². The molecular formula is C19H28N2O. The predicted octanol–water partition coefficient (Wildman–Crippen LogP) is 3.27. The molecule has 0 heterocycles. The van der Waals surface area contributed by atoms with Gasteiger partial charge in [-0.1, -0.05) is 43.5 Å². The van der Waals surface area contributed by atoms with Crippen LogP contribution in [0.5, 0.6) is 0 Å². The summed E-state index contributed by atoms with van der Waals surface area (Å²) in [5.74, 6) is 0.749. The molecule has 3 rings (SSSR count). The molecule has 0 spiro atoms. The van der Waals surface area contributed by atoms with Crippen LogP contribution >= 0.6 is 0 Å². The number of nitrogens with two attached hydrogens (primary N) is 1. The van der Waals surface area contributed by atoms with Crippen LogP contribution < -0.4 is 11.1 Å². The summed E-state index contributed by atoms with van der Waals surface area (Å²) in [5, 5.41) is 3.27. The Labute approximate surface area is 133 Å². The van der Waals surface area contributed by atoms with Crippen molar-refractivity contribution < 1.29 is 4.79 Å². The molecule has 1 amide bonds. The van der Waals surface area contributed by atoms with Crippen LogP contribution in [0.1, 0.15) is 68.4 Å². The van der Waals surface area contributed by atoms with Gasteiger partial charge in [0, 0.05) is 13.0 Å². The van der Waals surface area contributed by atoms with Crippen LogP contribution in [0, 0.1) is 0 Å². The van der Waals surface area contributed by atoms with E-state index in [4.69, 9.17) is 5.73 Å². The number of fused-ring (bicyclic) bond motifs is 1. The van der Waals surface area contributed by atoms with E-state index in [9.17, 15) is 4.79 Å². The minimum Gasteiger partial charge on any atom is -0.349 e. The molecule has 0 unspecified atom stereocenters. The van der Waals surface area contributed by atoms with Crippen molar-refractivity contribution in [2.45, 2.75) is 69.2 Å². The molecular weight excluding hydrogens is 272 g/mol. The number of hydrogen-bond donors (Lipinski definition) is 2. The molecule has 120 valence electrons. The molecule has 2 aliphatic rings. The quantitative estimate of drug-likeness (QED) is 0.877. The lowest BCUT2D eigenvalue weighted by atomic mass is 9.81. The lowest BCUT2D eigenvalue weighted by molar-refractivity contribution is -0.123. The van der Waals surface area contributed by atoms with Crippen LogP contribution in [0.3, 0.4) is 0 Å². The van der Waals surface area contributed by atoms with Gasteiger partial charge in [-0.3, -0.25) is 4.79 Å². The normalized spacial score (nSPS) is 23.0. The summed E-state index contributed by atoms with van der Waals surface area (Å²) < 4.78 is 0.